The molecule has 0 unspecified atom stereocenters. The number of hydrogen-bond donors (Lipinski definition) is 1. The van der Waals surface area contributed by atoms with Crippen LogP contribution in [-0.2, 0) is 6.54 Å². The van der Waals surface area contributed by atoms with Gasteiger partial charge in [0.2, 0.25) is 0 Å². The van der Waals surface area contributed by atoms with Crippen molar-refractivity contribution in [2.45, 2.75) is 38.3 Å². The summed E-state index contributed by atoms with van der Waals surface area (Å²) in [5, 5.41) is 9.21. The second-order valence-electron chi connectivity index (χ2n) is 4.98. The topological polar surface area (TPSA) is 32.7 Å². The molecule has 1 aliphatic rings. The number of methoxy groups -OCH3 is 1. The maximum Gasteiger partial charge on any atom is 0.119 e. The van der Waals surface area contributed by atoms with Crippen molar-refractivity contribution < 1.29 is 9.84 Å². The lowest BCUT2D eigenvalue weighted by atomic mass is 10.1. The fourth-order valence-corrected chi connectivity index (χ4v) is 2.79. The molecular weight excluding hydrogens is 226 g/mol. The molecule has 0 radical (unpaired) electrons. The van der Waals surface area contributed by atoms with Gasteiger partial charge in [-0.05, 0) is 30.5 Å². The molecule has 100 valence electrons. The Kier molecular flexibility index (Phi) is 5.02. The molecule has 0 atom stereocenters. The lowest BCUT2D eigenvalue weighted by Gasteiger charge is -2.28. The number of aliphatic hydroxyl groups excluding tert-OH is 1. The summed E-state index contributed by atoms with van der Waals surface area (Å²) in [5.41, 5.74) is 1.26. The third-order valence-electron chi connectivity index (χ3n) is 3.75. The molecule has 1 aromatic rings. The normalized spacial score (nSPS) is 16.4. The third-order valence-corrected chi connectivity index (χ3v) is 3.75. The first-order chi connectivity index (χ1) is 8.83. The van der Waals surface area contributed by atoms with Gasteiger partial charge in [0, 0.05) is 19.1 Å². The SMILES string of the molecule is COc1cccc(CN(CCO)C2CCCC2)c1. The molecule has 0 spiro atoms. The van der Waals surface area contributed by atoms with Crippen molar-refractivity contribution in [2.75, 3.05) is 20.3 Å². The Balaban J connectivity index is 2.02. The predicted molar refractivity (Wildman–Crippen MR) is 72.7 cm³/mol. The summed E-state index contributed by atoms with van der Waals surface area (Å²) in [5.74, 6) is 0.905. The molecule has 0 saturated heterocycles. The van der Waals surface area contributed by atoms with Crippen LogP contribution in [0.25, 0.3) is 0 Å². The Hall–Kier alpha value is -1.06. The van der Waals surface area contributed by atoms with Gasteiger partial charge in [0.15, 0.2) is 0 Å². The van der Waals surface area contributed by atoms with Crippen molar-refractivity contribution >= 4 is 0 Å². The van der Waals surface area contributed by atoms with E-state index >= 15 is 0 Å². The summed E-state index contributed by atoms with van der Waals surface area (Å²) in [6, 6.07) is 8.85. The van der Waals surface area contributed by atoms with Gasteiger partial charge in [-0.1, -0.05) is 25.0 Å². The molecule has 2 rings (SSSR count). The number of benzene rings is 1. The lowest BCUT2D eigenvalue weighted by molar-refractivity contribution is 0.144. The molecule has 0 heterocycles. The molecule has 1 N–H and O–H groups in total. The van der Waals surface area contributed by atoms with Crippen LogP contribution in [0.3, 0.4) is 0 Å². The minimum Gasteiger partial charge on any atom is -0.497 e. The minimum atomic E-state index is 0.237. The molecule has 0 aromatic heterocycles. The van der Waals surface area contributed by atoms with E-state index in [1.54, 1.807) is 7.11 Å². The van der Waals surface area contributed by atoms with Gasteiger partial charge < -0.3 is 9.84 Å². The van der Waals surface area contributed by atoms with E-state index in [9.17, 15) is 5.11 Å². The van der Waals surface area contributed by atoms with E-state index in [0.717, 1.165) is 18.8 Å². The molecule has 1 aromatic carbocycles. The number of rotatable bonds is 6. The molecule has 1 aliphatic carbocycles. The van der Waals surface area contributed by atoms with E-state index in [1.807, 2.05) is 12.1 Å². The van der Waals surface area contributed by atoms with Crippen LogP contribution in [0, 0.1) is 0 Å². The molecule has 0 aliphatic heterocycles. The number of nitrogens with zero attached hydrogens (tertiary/aromatic N) is 1. The molecular formula is C15H23NO2. The highest BCUT2D eigenvalue weighted by Crippen LogP contribution is 2.25. The quantitative estimate of drug-likeness (QED) is 0.840. The number of hydrogen-bond acceptors (Lipinski definition) is 3. The summed E-state index contributed by atoms with van der Waals surface area (Å²) in [7, 11) is 1.70. The van der Waals surface area contributed by atoms with Crippen LogP contribution in [0.4, 0.5) is 0 Å². The first-order valence-corrected chi connectivity index (χ1v) is 6.81. The summed E-state index contributed by atoms with van der Waals surface area (Å²) in [4.78, 5) is 2.40. The molecule has 0 bridgehead atoms. The van der Waals surface area contributed by atoms with Crippen LogP contribution >= 0.6 is 0 Å². The van der Waals surface area contributed by atoms with E-state index in [4.69, 9.17) is 4.74 Å². The molecule has 1 fully saturated rings. The zero-order chi connectivity index (χ0) is 12.8. The summed E-state index contributed by atoms with van der Waals surface area (Å²) < 4.78 is 5.25. The van der Waals surface area contributed by atoms with Crippen LogP contribution in [-0.4, -0.2) is 36.3 Å². The molecule has 3 heteroatoms. The summed E-state index contributed by atoms with van der Waals surface area (Å²) in [6.45, 7) is 1.91. The number of ether oxygens (including phenoxy) is 1. The number of aliphatic hydroxyl groups is 1. The average Bonchev–Trinajstić information content (AvgIpc) is 2.92. The fraction of sp³-hybridized carbons (Fsp3) is 0.600. The maximum absolute atomic E-state index is 9.21. The Morgan fingerprint density at radius 2 is 2.11 bits per heavy atom. The van der Waals surface area contributed by atoms with E-state index in [-0.39, 0.29) is 6.61 Å². The Morgan fingerprint density at radius 3 is 2.78 bits per heavy atom. The van der Waals surface area contributed by atoms with Crippen molar-refractivity contribution in [1.29, 1.82) is 0 Å². The van der Waals surface area contributed by atoms with Gasteiger partial charge in [-0.2, -0.15) is 0 Å². The predicted octanol–water partition coefficient (Wildman–Crippen LogP) is 2.43. The van der Waals surface area contributed by atoms with Crippen molar-refractivity contribution in [2.24, 2.45) is 0 Å². The highest BCUT2D eigenvalue weighted by atomic mass is 16.5. The molecule has 1 saturated carbocycles. The standard InChI is InChI=1S/C15H23NO2/c1-18-15-8-4-5-13(11-15)12-16(9-10-17)14-6-2-3-7-14/h4-5,8,11,14,17H,2-3,6-7,9-10,12H2,1H3. The van der Waals surface area contributed by atoms with Crippen LogP contribution < -0.4 is 4.74 Å². The van der Waals surface area contributed by atoms with Gasteiger partial charge in [-0.15, -0.1) is 0 Å². The van der Waals surface area contributed by atoms with Gasteiger partial charge in [-0.3, -0.25) is 4.90 Å². The van der Waals surface area contributed by atoms with E-state index < -0.39 is 0 Å². The summed E-state index contributed by atoms with van der Waals surface area (Å²) >= 11 is 0. The molecule has 3 nitrogen and oxygen atoms in total. The van der Waals surface area contributed by atoms with Crippen LogP contribution in [0.15, 0.2) is 24.3 Å². The minimum absolute atomic E-state index is 0.237. The van der Waals surface area contributed by atoms with Gasteiger partial charge >= 0.3 is 0 Å². The van der Waals surface area contributed by atoms with Crippen molar-refractivity contribution in [3.8, 4) is 5.75 Å². The first-order valence-electron chi connectivity index (χ1n) is 6.81. The van der Waals surface area contributed by atoms with Crippen molar-refractivity contribution in [3.05, 3.63) is 29.8 Å². The van der Waals surface area contributed by atoms with E-state index in [1.165, 1.54) is 31.2 Å². The van der Waals surface area contributed by atoms with Gasteiger partial charge in [0.25, 0.3) is 0 Å². The highest BCUT2D eigenvalue weighted by molar-refractivity contribution is 5.28. The van der Waals surface area contributed by atoms with Crippen molar-refractivity contribution in [3.63, 3.8) is 0 Å². The Morgan fingerprint density at radius 1 is 1.33 bits per heavy atom. The zero-order valence-corrected chi connectivity index (χ0v) is 11.1. The van der Waals surface area contributed by atoms with Crippen molar-refractivity contribution in [1.82, 2.24) is 4.90 Å². The van der Waals surface area contributed by atoms with Gasteiger partial charge in [0.05, 0.1) is 13.7 Å². The van der Waals surface area contributed by atoms with E-state index in [2.05, 4.69) is 17.0 Å². The van der Waals surface area contributed by atoms with Crippen LogP contribution in [0.2, 0.25) is 0 Å². The highest BCUT2D eigenvalue weighted by Gasteiger charge is 2.22. The van der Waals surface area contributed by atoms with E-state index in [0.29, 0.717) is 6.04 Å². The zero-order valence-electron chi connectivity index (χ0n) is 11.1. The Bertz CT molecular complexity index is 361. The molecule has 0 amide bonds. The maximum atomic E-state index is 9.21. The first kappa shape index (κ1) is 13.4. The monoisotopic (exact) mass is 249 g/mol. The van der Waals surface area contributed by atoms with Gasteiger partial charge in [0.1, 0.15) is 5.75 Å². The van der Waals surface area contributed by atoms with Crippen LogP contribution in [0.5, 0.6) is 5.75 Å². The lowest BCUT2D eigenvalue weighted by Crippen LogP contribution is -2.35. The summed E-state index contributed by atoms with van der Waals surface area (Å²) in [6.07, 6.45) is 5.18. The largest absolute Gasteiger partial charge is 0.497 e. The second kappa shape index (κ2) is 6.76. The van der Waals surface area contributed by atoms with Gasteiger partial charge in [-0.25, -0.2) is 0 Å². The average molecular weight is 249 g/mol. The fourth-order valence-electron chi connectivity index (χ4n) is 2.79. The second-order valence-corrected chi connectivity index (χ2v) is 4.98. The Labute approximate surface area is 109 Å². The molecule has 18 heavy (non-hydrogen) atoms. The third kappa shape index (κ3) is 3.47. The smallest absolute Gasteiger partial charge is 0.119 e. The van der Waals surface area contributed by atoms with Crippen LogP contribution in [0.1, 0.15) is 31.2 Å².